The van der Waals surface area contributed by atoms with Gasteiger partial charge in [-0.2, -0.15) is 0 Å². The summed E-state index contributed by atoms with van der Waals surface area (Å²) >= 11 is 0. The third-order valence-corrected chi connectivity index (χ3v) is 4.86. The van der Waals surface area contributed by atoms with E-state index in [1.807, 2.05) is 12.1 Å². The highest BCUT2D eigenvalue weighted by Crippen LogP contribution is 2.13. The van der Waals surface area contributed by atoms with Gasteiger partial charge in [0.2, 0.25) is 0 Å². The second-order valence-corrected chi connectivity index (χ2v) is 7.04. The number of halogens is 1. The number of likely N-dealkylation sites (tertiary alicyclic amines) is 1. The Kier molecular flexibility index (Phi) is 10.8. The van der Waals surface area contributed by atoms with Gasteiger partial charge in [0.05, 0.1) is 12.7 Å². The molecule has 1 aliphatic heterocycles. The van der Waals surface area contributed by atoms with E-state index in [0.29, 0.717) is 13.2 Å². The number of nitrogens with zero attached hydrogens (tertiary/aromatic N) is 3. The quantitative estimate of drug-likeness (QED) is 0.247. The van der Waals surface area contributed by atoms with Crippen molar-refractivity contribution in [3.8, 4) is 5.75 Å². The van der Waals surface area contributed by atoms with Crippen molar-refractivity contribution in [1.29, 1.82) is 0 Å². The van der Waals surface area contributed by atoms with Gasteiger partial charge in [-0.05, 0) is 49.2 Å². The Balaban J connectivity index is 0.00000300. The lowest BCUT2D eigenvalue weighted by molar-refractivity contribution is 0.221. The number of rotatable bonds is 8. The zero-order valence-corrected chi connectivity index (χ0v) is 19.5. The van der Waals surface area contributed by atoms with Crippen LogP contribution in [-0.2, 0) is 13.1 Å². The van der Waals surface area contributed by atoms with E-state index in [2.05, 4.69) is 49.8 Å². The molecule has 0 amide bonds. The van der Waals surface area contributed by atoms with Crippen molar-refractivity contribution in [1.82, 2.24) is 20.5 Å². The number of ether oxygens (including phenoxy) is 1. The lowest BCUT2D eigenvalue weighted by Gasteiger charge is -2.26. The van der Waals surface area contributed by atoms with Crippen LogP contribution in [0.1, 0.15) is 30.4 Å². The highest BCUT2D eigenvalue weighted by molar-refractivity contribution is 14.0. The van der Waals surface area contributed by atoms with Crippen molar-refractivity contribution in [3.63, 3.8) is 0 Å². The average Bonchev–Trinajstić information content (AvgIpc) is 2.76. The summed E-state index contributed by atoms with van der Waals surface area (Å²) in [5.41, 5.74) is 2.64. The van der Waals surface area contributed by atoms with Gasteiger partial charge in [0.25, 0.3) is 0 Å². The van der Waals surface area contributed by atoms with Crippen molar-refractivity contribution in [3.05, 3.63) is 59.9 Å². The smallest absolute Gasteiger partial charge is 0.191 e. The van der Waals surface area contributed by atoms with Gasteiger partial charge in [-0.25, -0.2) is 0 Å². The minimum absolute atomic E-state index is 0. The van der Waals surface area contributed by atoms with E-state index in [1.54, 1.807) is 19.4 Å². The molecule has 1 fully saturated rings. The van der Waals surface area contributed by atoms with Crippen LogP contribution in [0.3, 0.4) is 0 Å². The van der Waals surface area contributed by atoms with E-state index in [9.17, 15) is 0 Å². The van der Waals surface area contributed by atoms with E-state index in [-0.39, 0.29) is 24.0 Å². The van der Waals surface area contributed by atoms with E-state index < -0.39 is 0 Å². The molecule has 0 aliphatic carbocycles. The number of pyridine rings is 1. The molecule has 1 aromatic heterocycles. The molecule has 1 aliphatic rings. The lowest BCUT2D eigenvalue weighted by atomic mass is 10.1. The topological polar surface area (TPSA) is 61.8 Å². The van der Waals surface area contributed by atoms with E-state index in [4.69, 9.17) is 4.74 Å². The molecule has 6 nitrogen and oxygen atoms in total. The molecule has 0 atom stereocenters. The molecule has 0 bridgehead atoms. The van der Waals surface area contributed by atoms with Crippen LogP contribution in [0.15, 0.2) is 53.8 Å². The molecule has 0 unspecified atom stereocenters. The minimum Gasteiger partial charge on any atom is -0.490 e. The van der Waals surface area contributed by atoms with Crippen molar-refractivity contribution >= 4 is 29.9 Å². The summed E-state index contributed by atoms with van der Waals surface area (Å²) in [4.78, 5) is 10.8. The van der Waals surface area contributed by atoms with Crippen molar-refractivity contribution in [2.45, 2.75) is 32.4 Å². The van der Waals surface area contributed by atoms with Gasteiger partial charge >= 0.3 is 0 Å². The van der Waals surface area contributed by atoms with Crippen LogP contribution in [0, 0.1) is 0 Å². The number of hydrogen-bond acceptors (Lipinski definition) is 4. The van der Waals surface area contributed by atoms with Gasteiger partial charge in [-0.3, -0.25) is 14.9 Å². The number of guanidine groups is 1. The minimum atomic E-state index is 0. The third kappa shape index (κ3) is 8.57. The Morgan fingerprint density at radius 1 is 1.07 bits per heavy atom. The van der Waals surface area contributed by atoms with Crippen LogP contribution < -0.4 is 15.4 Å². The highest BCUT2D eigenvalue weighted by Gasteiger charge is 2.10. The van der Waals surface area contributed by atoms with Crippen LogP contribution in [0.4, 0.5) is 0 Å². The fourth-order valence-corrected chi connectivity index (χ4v) is 3.32. The number of aliphatic imine (C=N–C) groups is 1. The third-order valence-electron chi connectivity index (χ3n) is 4.86. The molecule has 0 radical (unpaired) electrons. The molecule has 2 heterocycles. The van der Waals surface area contributed by atoms with Crippen LogP contribution in [0.25, 0.3) is 0 Å². The summed E-state index contributed by atoms with van der Waals surface area (Å²) in [7, 11) is 1.78. The molecule has 1 aromatic carbocycles. The maximum atomic E-state index is 5.63. The van der Waals surface area contributed by atoms with E-state index >= 15 is 0 Å². The SMILES string of the molecule is CN=C(NCCOc1cccnc1)NCc1ccc(CN2CCCCC2)cc1.I. The first-order valence-electron chi connectivity index (χ1n) is 10.1. The predicted molar refractivity (Wildman–Crippen MR) is 129 cm³/mol. The summed E-state index contributed by atoms with van der Waals surface area (Å²) in [6, 6.07) is 12.6. The molecule has 158 valence electrons. The van der Waals surface area contributed by atoms with Gasteiger partial charge < -0.3 is 15.4 Å². The van der Waals surface area contributed by atoms with Crippen molar-refractivity contribution in [2.75, 3.05) is 33.3 Å². The number of benzene rings is 1. The first-order chi connectivity index (χ1) is 13.8. The number of nitrogens with one attached hydrogen (secondary N) is 2. The first-order valence-corrected chi connectivity index (χ1v) is 10.1. The Morgan fingerprint density at radius 2 is 1.83 bits per heavy atom. The molecule has 7 heteroatoms. The standard InChI is InChI=1S/C22H31N5O.HI/c1-23-22(25-12-15-28-21-6-5-11-24-17-21)26-16-19-7-9-20(10-8-19)18-27-13-3-2-4-14-27;/h5-11,17H,2-4,12-16,18H2,1H3,(H2,23,25,26);1H. The maximum Gasteiger partial charge on any atom is 0.191 e. The maximum absolute atomic E-state index is 5.63. The van der Waals surface area contributed by atoms with Crippen molar-refractivity contribution in [2.24, 2.45) is 4.99 Å². The largest absolute Gasteiger partial charge is 0.490 e. The van der Waals surface area contributed by atoms with Gasteiger partial charge in [0, 0.05) is 26.3 Å². The molecule has 0 saturated carbocycles. The number of aromatic nitrogens is 1. The molecule has 3 rings (SSSR count). The number of hydrogen-bond donors (Lipinski definition) is 2. The molecule has 2 aromatic rings. The van der Waals surface area contributed by atoms with Crippen LogP contribution in [0.5, 0.6) is 5.75 Å². The average molecular weight is 509 g/mol. The fourth-order valence-electron chi connectivity index (χ4n) is 3.32. The second kappa shape index (κ2) is 13.4. The summed E-state index contributed by atoms with van der Waals surface area (Å²) < 4.78 is 5.63. The summed E-state index contributed by atoms with van der Waals surface area (Å²) in [5, 5.41) is 6.61. The van der Waals surface area contributed by atoms with Gasteiger partial charge in [-0.1, -0.05) is 30.7 Å². The van der Waals surface area contributed by atoms with Crippen LogP contribution in [-0.4, -0.2) is 49.1 Å². The summed E-state index contributed by atoms with van der Waals surface area (Å²) in [5.74, 6) is 1.55. The lowest BCUT2D eigenvalue weighted by Crippen LogP contribution is -2.38. The molecular formula is C22H32IN5O. The predicted octanol–water partition coefficient (Wildman–Crippen LogP) is 3.43. The summed E-state index contributed by atoms with van der Waals surface area (Å²) in [6.07, 6.45) is 7.49. The molecule has 29 heavy (non-hydrogen) atoms. The fraction of sp³-hybridized carbons (Fsp3) is 0.455. The second-order valence-electron chi connectivity index (χ2n) is 7.04. The molecular weight excluding hydrogens is 477 g/mol. The van der Waals surface area contributed by atoms with Gasteiger partial charge in [0.15, 0.2) is 5.96 Å². The van der Waals surface area contributed by atoms with Gasteiger partial charge in [-0.15, -0.1) is 24.0 Å². The zero-order chi connectivity index (χ0) is 19.4. The molecule has 2 N–H and O–H groups in total. The Morgan fingerprint density at radius 3 is 2.52 bits per heavy atom. The molecule has 1 saturated heterocycles. The van der Waals surface area contributed by atoms with Crippen molar-refractivity contribution < 1.29 is 4.74 Å². The van der Waals surface area contributed by atoms with E-state index in [1.165, 1.54) is 43.5 Å². The van der Waals surface area contributed by atoms with E-state index in [0.717, 1.165) is 24.8 Å². The van der Waals surface area contributed by atoms with Crippen LogP contribution in [0.2, 0.25) is 0 Å². The van der Waals surface area contributed by atoms with Gasteiger partial charge in [0.1, 0.15) is 12.4 Å². The Bertz CT molecular complexity index is 718. The Labute approximate surface area is 191 Å². The van der Waals surface area contributed by atoms with Crippen LogP contribution >= 0.6 is 24.0 Å². The molecule has 0 spiro atoms. The first kappa shape index (κ1) is 23.4. The monoisotopic (exact) mass is 509 g/mol. The highest BCUT2D eigenvalue weighted by atomic mass is 127. The zero-order valence-electron chi connectivity index (χ0n) is 17.1. The summed E-state index contributed by atoms with van der Waals surface area (Å²) in [6.45, 7) is 5.49. The normalized spacial score (nSPS) is 14.7. The Hall–Kier alpha value is -1.87. The number of piperidine rings is 1.